The van der Waals surface area contributed by atoms with Crippen LogP contribution in [-0.2, 0) is 4.79 Å². The summed E-state index contributed by atoms with van der Waals surface area (Å²) in [6, 6.07) is 6.89. The van der Waals surface area contributed by atoms with Gasteiger partial charge in [-0.2, -0.15) is 0 Å². The maximum absolute atomic E-state index is 12.8. The van der Waals surface area contributed by atoms with Gasteiger partial charge in [0, 0.05) is 42.8 Å². The molecule has 28 heavy (non-hydrogen) atoms. The number of carbonyl (C=O) groups is 2. The summed E-state index contributed by atoms with van der Waals surface area (Å²) >= 11 is 0. The number of fused-ring (bicyclic) bond motifs is 2. The van der Waals surface area contributed by atoms with Gasteiger partial charge >= 0.3 is 0 Å². The van der Waals surface area contributed by atoms with Crippen LogP contribution >= 0.6 is 0 Å². The van der Waals surface area contributed by atoms with Crippen molar-refractivity contribution in [2.24, 2.45) is 11.8 Å². The summed E-state index contributed by atoms with van der Waals surface area (Å²) < 4.78 is 0. The standard InChI is InChI=1S/C23H33N3O2/c1-15-4-3-9-26(14-15)23(28)18-5-8-21(16(2)10-18)25-22(27)13-17-11-19-6-7-20(12-17)24-19/h5,8,10,15,17,19-20,24H,3-4,6-7,9,11-14H2,1-2H3,(H,25,27). The van der Waals surface area contributed by atoms with Crippen molar-refractivity contribution in [1.29, 1.82) is 0 Å². The van der Waals surface area contributed by atoms with Crippen molar-refractivity contribution in [1.82, 2.24) is 10.2 Å². The van der Waals surface area contributed by atoms with Gasteiger partial charge in [-0.15, -0.1) is 0 Å². The Morgan fingerprint density at radius 2 is 1.93 bits per heavy atom. The normalized spacial score (nSPS) is 29.6. The van der Waals surface area contributed by atoms with E-state index in [9.17, 15) is 9.59 Å². The molecule has 3 aliphatic heterocycles. The van der Waals surface area contributed by atoms with E-state index in [-0.39, 0.29) is 11.8 Å². The molecule has 0 aromatic heterocycles. The average molecular weight is 384 g/mol. The Morgan fingerprint density at radius 1 is 1.18 bits per heavy atom. The zero-order valence-electron chi connectivity index (χ0n) is 17.2. The van der Waals surface area contributed by atoms with E-state index >= 15 is 0 Å². The first kappa shape index (κ1) is 19.4. The van der Waals surface area contributed by atoms with Crippen LogP contribution in [0, 0.1) is 18.8 Å². The van der Waals surface area contributed by atoms with Crippen LogP contribution in [0.2, 0.25) is 0 Å². The second-order valence-electron chi connectivity index (χ2n) is 9.26. The number of amides is 2. The molecule has 5 nitrogen and oxygen atoms in total. The Kier molecular flexibility index (Phi) is 5.72. The lowest BCUT2D eigenvalue weighted by Crippen LogP contribution is -2.39. The van der Waals surface area contributed by atoms with E-state index in [0.29, 0.717) is 30.3 Å². The number of rotatable bonds is 4. The number of anilines is 1. The SMILES string of the molecule is Cc1cc(C(=O)N2CCCC(C)C2)ccc1NC(=O)CC1CC2CCC(C1)N2. The largest absolute Gasteiger partial charge is 0.338 e. The third-order valence-electron chi connectivity index (χ3n) is 6.74. The lowest BCUT2D eigenvalue weighted by atomic mass is 9.89. The van der Waals surface area contributed by atoms with Gasteiger partial charge in [0.2, 0.25) is 5.91 Å². The second kappa shape index (κ2) is 8.24. The molecule has 0 radical (unpaired) electrons. The zero-order valence-corrected chi connectivity index (χ0v) is 17.2. The first-order valence-corrected chi connectivity index (χ1v) is 10.9. The molecule has 152 valence electrons. The number of nitrogens with zero attached hydrogens (tertiary/aromatic N) is 1. The predicted molar refractivity (Wildman–Crippen MR) is 111 cm³/mol. The van der Waals surface area contributed by atoms with Gasteiger partial charge in [-0.3, -0.25) is 9.59 Å². The van der Waals surface area contributed by atoms with Crippen LogP contribution in [0.25, 0.3) is 0 Å². The lowest BCUT2D eigenvalue weighted by Gasteiger charge is -2.31. The van der Waals surface area contributed by atoms with Gasteiger partial charge in [0.05, 0.1) is 0 Å². The van der Waals surface area contributed by atoms with Crippen molar-refractivity contribution in [2.45, 2.75) is 70.9 Å². The van der Waals surface area contributed by atoms with Crippen molar-refractivity contribution in [3.63, 3.8) is 0 Å². The summed E-state index contributed by atoms with van der Waals surface area (Å²) in [4.78, 5) is 27.3. The van der Waals surface area contributed by atoms with Crippen molar-refractivity contribution in [3.8, 4) is 0 Å². The van der Waals surface area contributed by atoms with E-state index in [4.69, 9.17) is 0 Å². The highest BCUT2D eigenvalue weighted by atomic mass is 16.2. The van der Waals surface area contributed by atoms with Crippen molar-refractivity contribution in [2.75, 3.05) is 18.4 Å². The molecule has 3 fully saturated rings. The van der Waals surface area contributed by atoms with E-state index in [1.54, 1.807) is 0 Å². The van der Waals surface area contributed by atoms with Crippen LogP contribution in [0.3, 0.4) is 0 Å². The van der Waals surface area contributed by atoms with Crippen LogP contribution in [0.4, 0.5) is 5.69 Å². The van der Waals surface area contributed by atoms with Crippen LogP contribution in [0.1, 0.15) is 67.8 Å². The van der Waals surface area contributed by atoms with Crippen LogP contribution < -0.4 is 10.6 Å². The van der Waals surface area contributed by atoms with E-state index in [1.807, 2.05) is 30.0 Å². The van der Waals surface area contributed by atoms with Gasteiger partial charge in [-0.25, -0.2) is 0 Å². The second-order valence-corrected chi connectivity index (χ2v) is 9.26. The highest BCUT2D eigenvalue weighted by Crippen LogP contribution is 2.33. The van der Waals surface area contributed by atoms with Gasteiger partial charge < -0.3 is 15.5 Å². The van der Waals surface area contributed by atoms with Crippen molar-refractivity contribution < 1.29 is 9.59 Å². The molecule has 3 saturated heterocycles. The molecule has 3 aliphatic rings. The molecule has 3 unspecified atom stereocenters. The molecule has 0 saturated carbocycles. The first-order valence-electron chi connectivity index (χ1n) is 10.9. The number of hydrogen-bond acceptors (Lipinski definition) is 3. The molecule has 5 heteroatoms. The highest BCUT2D eigenvalue weighted by molar-refractivity contribution is 5.96. The molecule has 3 heterocycles. The molecule has 2 amide bonds. The third kappa shape index (κ3) is 4.40. The quantitative estimate of drug-likeness (QED) is 0.833. The molecular formula is C23H33N3O2. The van der Waals surface area contributed by atoms with Crippen molar-refractivity contribution >= 4 is 17.5 Å². The molecule has 2 bridgehead atoms. The molecule has 4 rings (SSSR count). The Hall–Kier alpha value is -1.88. The number of likely N-dealkylation sites (tertiary alicyclic amines) is 1. The Balaban J connectivity index is 1.35. The molecule has 0 spiro atoms. The minimum atomic E-state index is 0.0957. The smallest absolute Gasteiger partial charge is 0.253 e. The minimum Gasteiger partial charge on any atom is -0.338 e. The number of piperidine rings is 2. The number of carbonyl (C=O) groups excluding carboxylic acids is 2. The van der Waals surface area contributed by atoms with Gasteiger partial charge in [0.25, 0.3) is 5.91 Å². The summed E-state index contributed by atoms with van der Waals surface area (Å²) in [5.41, 5.74) is 2.50. The van der Waals surface area contributed by atoms with Crippen LogP contribution in [0.5, 0.6) is 0 Å². The molecule has 1 aromatic rings. The predicted octanol–water partition coefficient (Wildman–Crippen LogP) is 3.73. The number of hydrogen-bond donors (Lipinski definition) is 2. The Morgan fingerprint density at radius 3 is 2.61 bits per heavy atom. The molecule has 0 aliphatic carbocycles. The minimum absolute atomic E-state index is 0.0957. The van der Waals surface area contributed by atoms with Crippen molar-refractivity contribution in [3.05, 3.63) is 29.3 Å². The average Bonchev–Trinajstić information content (AvgIpc) is 3.01. The summed E-state index contributed by atoms with van der Waals surface area (Å²) in [6.45, 7) is 5.86. The summed E-state index contributed by atoms with van der Waals surface area (Å²) in [7, 11) is 0. The zero-order chi connectivity index (χ0) is 19.7. The fraction of sp³-hybridized carbons (Fsp3) is 0.652. The number of aryl methyl sites for hydroxylation is 1. The monoisotopic (exact) mass is 383 g/mol. The summed E-state index contributed by atoms with van der Waals surface area (Å²) in [6.07, 6.45) is 7.63. The third-order valence-corrected chi connectivity index (χ3v) is 6.74. The number of nitrogens with one attached hydrogen (secondary N) is 2. The van der Waals surface area contributed by atoms with Gasteiger partial charge in [0.1, 0.15) is 0 Å². The Labute approximate surface area is 168 Å². The summed E-state index contributed by atoms with van der Waals surface area (Å²) in [5, 5.41) is 6.71. The topological polar surface area (TPSA) is 61.4 Å². The van der Waals surface area contributed by atoms with E-state index < -0.39 is 0 Å². The first-order chi connectivity index (χ1) is 13.5. The van der Waals surface area contributed by atoms with E-state index in [2.05, 4.69) is 17.6 Å². The van der Waals surface area contributed by atoms with Crippen LogP contribution in [-0.4, -0.2) is 41.9 Å². The van der Waals surface area contributed by atoms with E-state index in [1.165, 1.54) is 19.3 Å². The van der Waals surface area contributed by atoms with Gasteiger partial charge in [-0.05, 0) is 81.0 Å². The molecular weight excluding hydrogens is 350 g/mol. The van der Waals surface area contributed by atoms with Gasteiger partial charge in [-0.1, -0.05) is 6.92 Å². The molecule has 1 aromatic carbocycles. The highest BCUT2D eigenvalue weighted by Gasteiger charge is 2.34. The maximum Gasteiger partial charge on any atom is 0.253 e. The summed E-state index contributed by atoms with van der Waals surface area (Å²) in [5.74, 6) is 1.26. The Bertz CT molecular complexity index is 735. The maximum atomic E-state index is 12.8. The fourth-order valence-electron chi connectivity index (χ4n) is 5.30. The molecule has 3 atom stereocenters. The molecule has 2 N–H and O–H groups in total. The number of benzene rings is 1. The fourth-order valence-corrected chi connectivity index (χ4v) is 5.30. The van der Waals surface area contributed by atoms with E-state index in [0.717, 1.165) is 49.2 Å². The lowest BCUT2D eigenvalue weighted by molar-refractivity contribution is -0.117. The van der Waals surface area contributed by atoms with Crippen LogP contribution in [0.15, 0.2) is 18.2 Å². The van der Waals surface area contributed by atoms with Gasteiger partial charge in [0.15, 0.2) is 0 Å².